The second kappa shape index (κ2) is 5.76. The number of aromatic amines is 1. The molecule has 0 aliphatic carbocycles. The average Bonchev–Trinajstić information content (AvgIpc) is 2.48. The fourth-order valence-corrected chi connectivity index (χ4v) is 3.50. The van der Waals surface area contributed by atoms with E-state index in [4.69, 9.17) is 23.2 Å². The lowest BCUT2D eigenvalue weighted by Crippen LogP contribution is -2.02. The van der Waals surface area contributed by atoms with Crippen LogP contribution in [0.15, 0.2) is 52.2 Å². The molecule has 0 saturated heterocycles. The molecule has 0 saturated carbocycles. The van der Waals surface area contributed by atoms with Gasteiger partial charge in [0.2, 0.25) is 5.56 Å². The first-order chi connectivity index (χ1) is 10.1. The van der Waals surface area contributed by atoms with Crippen LogP contribution in [-0.4, -0.2) is 11.2 Å². The topological polar surface area (TPSA) is 32.9 Å². The van der Waals surface area contributed by atoms with E-state index in [2.05, 4.69) is 4.98 Å². The van der Waals surface area contributed by atoms with Crippen molar-refractivity contribution >= 4 is 45.9 Å². The summed E-state index contributed by atoms with van der Waals surface area (Å²) in [4.78, 5) is 15.2. The molecule has 0 unspecified atom stereocenters. The van der Waals surface area contributed by atoms with Crippen LogP contribution in [0.4, 0.5) is 0 Å². The summed E-state index contributed by atoms with van der Waals surface area (Å²) in [5, 5.41) is 2.15. The lowest BCUT2D eigenvalue weighted by atomic mass is 10.0. The van der Waals surface area contributed by atoms with Crippen LogP contribution in [0, 0.1) is 0 Å². The molecule has 5 heteroatoms. The summed E-state index contributed by atoms with van der Waals surface area (Å²) < 4.78 is 0. The Hall–Kier alpha value is -1.42. The lowest BCUT2D eigenvalue weighted by molar-refractivity contribution is 1.31. The van der Waals surface area contributed by atoms with Crippen LogP contribution in [-0.2, 0) is 0 Å². The van der Waals surface area contributed by atoms with E-state index in [1.165, 1.54) is 6.07 Å². The molecular formula is C16H11Cl2NOS. The Morgan fingerprint density at radius 3 is 2.52 bits per heavy atom. The van der Waals surface area contributed by atoms with E-state index >= 15 is 0 Å². The Bertz CT molecular complexity index is 889. The van der Waals surface area contributed by atoms with Crippen LogP contribution >= 0.6 is 35.0 Å². The average molecular weight is 336 g/mol. The number of pyridine rings is 1. The van der Waals surface area contributed by atoms with Crippen LogP contribution in [0.2, 0.25) is 10.0 Å². The molecule has 0 fully saturated rings. The maximum Gasteiger partial charge on any atom is 0.248 e. The molecule has 1 N–H and O–H groups in total. The van der Waals surface area contributed by atoms with Gasteiger partial charge in [0, 0.05) is 32.5 Å². The number of hydrogen-bond donors (Lipinski definition) is 1. The van der Waals surface area contributed by atoms with Gasteiger partial charge in [-0.15, -0.1) is 11.8 Å². The minimum Gasteiger partial charge on any atom is -0.322 e. The van der Waals surface area contributed by atoms with Crippen LogP contribution in [0.5, 0.6) is 0 Å². The predicted molar refractivity (Wildman–Crippen MR) is 91.8 cm³/mol. The molecule has 1 aromatic heterocycles. The molecule has 0 amide bonds. The normalized spacial score (nSPS) is 11.0. The van der Waals surface area contributed by atoms with Crippen LogP contribution in [0.25, 0.3) is 22.0 Å². The number of H-pyrrole nitrogens is 1. The van der Waals surface area contributed by atoms with Crippen LogP contribution in [0.3, 0.4) is 0 Å². The second-order valence-electron chi connectivity index (χ2n) is 4.56. The molecule has 0 atom stereocenters. The van der Waals surface area contributed by atoms with E-state index in [1.807, 2.05) is 36.6 Å². The molecule has 0 radical (unpaired) electrons. The van der Waals surface area contributed by atoms with E-state index in [0.717, 1.165) is 26.9 Å². The summed E-state index contributed by atoms with van der Waals surface area (Å²) in [5.41, 5.74) is 2.56. The van der Waals surface area contributed by atoms with Gasteiger partial charge in [-0.25, -0.2) is 0 Å². The van der Waals surface area contributed by atoms with Gasteiger partial charge in [0.15, 0.2) is 0 Å². The number of nitrogens with one attached hydrogen (secondary N) is 1. The maximum absolute atomic E-state index is 11.4. The summed E-state index contributed by atoms with van der Waals surface area (Å²) in [6.07, 6.45) is 2.00. The quantitative estimate of drug-likeness (QED) is 0.651. The lowest BCUT2D eigenvalue weighted by Gasteiger charge is -2.11. The fourth-order valence-electron chi connectivity index (χ4n) is 2.29. The van der Waals surface area contributed by atoms with E-state index in [-0.39, 0.29) is 5.56 Å². The molecule has 3 aromatic rings. The highest BCUT2D eigenvalue weighted by Gasteiger charge is 2.12. The Labute approximate surface area is 136 Å². The number of benzene rings is 2. The standard InChI is InChI=1S/C16H11Cl2NOS/c1-21-14-8-9(17)2-3-10(14)11-4-6-13-12(16(11)18)5-7-15(20)19-13/h2-8H,1H3,(H,19,20). The summed E-state index contributed by atoms with van der Waals surface area (Å²) in [7, 11) is 0. The number of fused-ring (bicyclic) bond motifs is 1. The van der Waals surface area contributed by atoms with Crippen molar-refractivity contribution in [1.82, 2.24) is 4.98 Å². The molecule has 0 aliphatic rings. The van der Waals surface area contributed by atoms with E-state index in [0.29, 0.717) is 10.0 Å². The smallest absolute Gasteiger partial charge is 0.248 e. The molecular weight excluding hydrogens is 325 g/mol. The van der Waals surface area contributed by atoms with E-state index in [1.54, 1.807) is 17.8 Å². The number of rotatable bonds is 2. The fraction of sp³-hybridized carbons (Fsp3) is 0.0625. The SMILES string of the molecule is CSc1cc(Cl)ccc1-c1ccc2[nH]c(=O)ccc2c1Cl. The molecule has 2 nitrogen and oxygen atoms in total. The Kier molecular flexibility index (Phi) is 3.98. The van der Waals surface area contributed by atoms with Gasteiger partial charge in [0.1, 0.15) is 0 Å². The van der Waals surface area contributed by atoms with Crippen molar-refractivity contribution in [2.75, 3.05) is 6.26 Å². The third kappa shape index (κ3) is 2.69. The first-order valence-electron chi connectivity index (χ1n) is 6.25. The van der Waals surface area contributed by atoms with Crippen molar-refractivity contribution in [2.45, 2.75) is 4.90 Å². The Morgan fingerprint density at radius 1 is 1.00 bits per heavy atom. The molecule has 0 spiro atoms. The van der Waals surface area contributed by atoms with E-state index < -0.39 is 0 Å². The molecule has 0 bridgehead atoms. The van der Waals surface area contributed by atoms with Gasteiger partial charge in [-0.1, -0.05) is 35.3 Å². The molecule has 3 rings (SSSR count). The molecule has 1 heterocycles. The monoisotopic (exact) mass is 335 g/mol. The first-order valence-corrected chi connectivity index (χ1v) is 8.23. The summed E-state index contributed by atoms with van der Waals surface area (Å²) in [5.74, 6) is 0. The third-order valence-electron chi connectivity index (χ3n) is 3.29. The zero-order valence-corrected chi connectivity index (χ0v) is 13.4. The van der Waals surface area contributed by atoms with Gasteiger partial charge in [-0.3, -0.25) is 4.79 Å². The highest BCUT2D eigenvalue weighted by Crippen LogP contribution is 2.38. The zero-order valence-electron chi connectivity index (χ0n) is 11.1. The number of halogens is 2. The number of thioether (sulfide) groups is 1. The molecule has 21 heavy (non-hydrogen) atoms. The van der Waals surface area contributed by atoms with Gasteiger partial charge < -0.3 is 4.98 Å². The van der Waals surface area contributed by atoms with Gasteiger partial charge in [-0.05, 0) is 36.1 Å². The zero-order chi connectivity index (χ0) is 15.0. The van der Waals surface area contributed by atoms with Crippen molar-refractivity contribution in [3.8, 4) is 11.1 Å². The number of aromatic nitrogens is 1. The number of hydrogen-bond acceptors (Lipinski definition) is 2. The summed E-state index contributed by atoms with van der Waals surface area (Å²) >= 11 is 14.2. The highest BCUT2D eigenvalue weighted by atomic mass is 35.5. The van der Waals surface area contributed by atoms with Gasteiger partial charge in [0.05, 0.1) is 5.02 Å². The van der Waals surface area contributed by atoms with Crippen LogP contribution < -0.4 is 5.56 Å². The minimum absolute atomic E-state index is 0.136. The second-order valence-corrected chi connectivity index (χ2v) is 6.22. The third-order valence-corrected chi connectivity index (χ3v) is 4.71. The van der Waals surface area contributed by atoms with Crippen molar-refractivity contribution < 1.29 is 0 Å². The van der Waals surface area contributed by atoms with Crippen LogP contribution in [0.1, 0.15) is 0 Å². The first kappa shape index (κ1) is 14.5. The predicted octanol–water partition coefficient (Wildman–Crippen LogP) is 5.22. The van der Waals surface area contributed by atoms with E-state index in [9.17, 15) is 4.79 Å². The van der Waals surface area contributed by atoms with Crippen molar-refractivity contribution in [3.05, 3.63) is 62.9 Å². The molecule has 0 aliphatic heterocycles. The van der Waals surface area contributed by atoms with Gasteiger partial charge in [-0.2, -0.15) is 0 Å². The molecule has 2 aromatic carbocycles. The van der Waals surface area contributed by atoms with Crippen molar-refractivity contribution in [2.24, 2.45) is 0 Å². The van der Waals surface area contributed by atoms with Crippen molar-refractivity contribution in [1.29, 1.82) is 0 Å². The minimum atomic E-state index is -0.136. The van der Waals surface area contributed by atoms with Gasteiger partial charge in [0.25, 0.3) is 0 Å². The largest absolute Gasteiger partial charge is 0.322 e. The summed E-state index contributed by atoms with van der Waals surface area (Å²) in [6, 6.07) is 12.8. The van der Waals surface area contributed by atoms with Crippen molar-refractivity contribution in [3.63, 3.8) is 0 Å². The van der Waals surface area contributed by atoms with Gasteiger partial charge >= 0.3 is 0 Å². The molecule has 106 valence electrons. The Morgan fingerprint density at radius 2 is 1.76 bits per heavy atom. The highest BCUT2D eigenvalue weighted by molar-refractivity contribution is 7.98. The maximum atomic E-state index is 11.4. The Balaban J connectivity index is 2.28. The summed E-state index contributed by atoms with van der Waals surface area (Å²) in [6.45, 7) is 0.